The summed E-state index contributed by atoms with van der Waals surface area (Å²) in [5, 5.41) is 12.6. The number of ether oxygens (including phenoxy) is 2. The molecule has 8 heteroatoms. The average molecular weight is 743 g/mol. The van der Waals surface area contributed by atoms with Crippen molar-refractivity contribution in [3.8, 4) is 0 Å². The molecule has 2 aliphatic carbocycles. The number of rotatable bonds is 16. The second-order valence-corrected chi connectivity index (χ2v) is 13.9. The van der Waals surface area contributed by atoms with Gasteiger partial charge < -0.3 is 20.1 Å². The smallest absolute Gasteiger partial charge is 0.411 e. The second kappa shape index (κ2) is 19.2. The highest BCUT2D eigenvalue weighted by Gasteiger charge is 2.10. The van der Waals surface area contributed by atoms with Crippen molar-refractivity contribution < 1.29 is 19.1 Å². The highest BCUT2D eigenvalue weighted by Crippen LogP contribution is 2.25. The van der Waals surface area contributed by atoms with E-state index < -0.39 is 12.2 Å². The summed E-state index contributed by atoms with van der Waals surface area (Å²) in [6.45, 7) is 3.39. The molecule has 282 valence electrons. The van der Waals surface area contributed by atoms with Crippen molar-refractivity contribution in [1.29, 1.82) is 0 Å². The minimum absolute atomic E-state index is 0.202. The summed E-state index contributed by atoms with van der Waals surface area (Å²) < 4.78 is 10.9. The number of allylic oxidation sites excluding steroid dienone is 8. The van der Waals surface area contributed by atoms with Crippen LogP contribution >= 0.6 is 0 Å². The number of benzene rings is 5. The van der Waals surface area contributed by atoms with Crippen molar-refractivity contribution in [1.82, 2.24) is 10.6 Å². The number of nitrogens with one attached hydrogen (secondary N) is 4. The Morgan fingerprint density at radius 1 is 0.393 bits per heavy atom. The van der Waals surface area contributed by atoms with E-state index in [1.165, 1.54) is 22.3 Å². The summed E-state index contributed by atoms with van der Waals surface area (Å²) in [5.74, 6) is 0.589. The lowest BCUT2D eigenvalue weighted by Crippen LogP contribution is -2.14. The van der Waals surface area contributed by atoms with Crippen molar-refractivity contribution in [2.24, 2.45) is 0 Å². The van der Waals surface area contributed by atoms with E-state index in [9.17, 15) is 9.59 Å². The standard InChI is InChI=1S/C48H46N4O4/c53-47(51-45-25-21-43(22-26-45)41-5-1-2-6-41)55-33-39-17-13-37(14-18-39)31-49-29-35-9-11-36(12-10-35)30-50-32-38-15-19-40(20-16-38)34-56-48(54)52-46-27-23-44(24-28-46)42-7-3-4-8-42/h1-28,41-42,49-50H,29-34H2,(H,51,53)(H,52,54). The highest BCUT2D eigenvalue weighted by atomic mass is 16.6. The van der Waals surface area contributed by atoms with E-state index in [4.69, 9.17) is 9.47 Å². The predicted octanol–water partition coefficient (Wildman–Crippen LogP) is 10.2. The molecule has 0 bridgehead atoms. The maximum Gasteiger partial charge on any atom is 0.411 e. The fraction of sp³-hybridized carbons (Fsp3) is 0.167. The molecule has 0 saturated carbocycles. The molecule has 0 saturated heterocycles. The van der Waals surface area contributed by atoms with E-state index in [1.807, 2.05) is 97.1 Å². The average Bonchev–Trinajstić information content (AvgIpc) is 3.98. The lowest BCUT2D eigenvalue weighted by Gasteiger charge is -2.10. The fourth-order valence-corrected chi connectivity index (χ4v) is 6.48. The quantitative estimate of drug-likeness (QED) is 0.0803. The van der Waals surface area contributed by atoms with Crippen LogP contribution in [0.1, 0.15) is 56.3 Å². The van der Waals surface area contributed by atoms with Crippen LogP contribution in [0.2, 0.25) is 0 Å². The molecule has 2 aliphatic rings. The van der Waals surface area contributed by atoms with Crippen molar-refractivity contribution in [3.05, 3.63) is 214 Å². The molecule has 5 aromatic carbocycles. The van der Waals surface area contributed by atoms with Crippen molar-refractivity contribution in [2.45, 2.75) is 51.2 Å². The molecule has 0 radical (unpaired) electrons. The molecule has 0 unspecified atom stereocenters. The van der Waals surface area contributed by atoms with Gasteiger partial charge in [0, 0.05) is 49.4 Å². The second-order valence-electron chi connectivity index (χ2n) is 13.9. The molecule has 2 amide bonds. The van der Waals surface area contributed by atoms with E-state index in [2.05, 4.69) is 94.1 Å². The van der Waals surface area contributed by atoms with E-state index in [-0.39, 0.29) is 13.2 Å². The SMILES string of the molecule is O=C(Nc1ccc(C2C=CC=C2)cc1)OCc1ccc(CNCc2ccc(CNCc3ccc(COC(=O)Nc4ccc(C5C=CC=C5)cc4)cc3)cc2)cc1. The summed E-state index contributed by atoms with van der Waals surface area (Å²) in [4.78, 5) is 24.7. The van der Waals surface area contributed by atoms with Gasteiger partial charge in [-0.1, -0.05) is 146 Å². The van der Waals surface area contributed by atoms with Gasteiger partial charge in [0.25, 0.3) is 0 Å². The number of carbonyl (C=O) groups is 2. The zero-order chi connectivity index (χ0) is 38.4. The van der Waals surface area contributed by atoms with Crippen molar-refractivity contribution in [2.75, 3.05) is 10.6 Å². The first-order valence-corrected chi connectivity index (χ1v) is 18.9. The number of anilines is 2. The van der Waals surface area contributed by atoms with Crippen molar-refractivity contribution >= 4 is 23.6 Å². The Hall–Kier alpha value is -6.48. The molecule has 0 spiro atoms. The van der Waals surface area contributed by atoms with E-state index in [1.54, 1.807) is 0 Å². The number of hydrogen-bond donors (Lipinski definition) is 4. The maximum absolute atomic E-state index is 12.3. The summed E-state index contributed by atoms with van der Waals surface area (Å²) in [6.07, 6.45) is 15.8. The molecule has 8 nitrogen and oxygen atoms in total. The van der Waals surface area contributed by atoms with Gasteiger partial charge in [0.1, 0.15) is 13.2 Å². The third-order valence-corrected chi connectivity index (χ3v) is 9.71. The van der Waals surface area contributed by atoms with Gasteiger partial charge in [-0.25, -0.2) is 9.59 Å². The molecule has 0 atom stereocenters. The van der Waals surface area contributed by atoms with Crippen LogP contribution in [0.25, 0.3) is 0 Å². The monoisotopic (exact) mass is 742 g/mol. The van der Waals surface area contributed by atoms with Gasteiger partial charge in [0.15, 0.2) is 0 Å². The Balaban J connectivity index is 0.744. The van der Waals surface area contributed by atoms with Crippen LogP contribution in [0, 0.1) is 0 Å². The molecular weight excluding hydrogens is 697 g/mol. The summed E-state index contributed by atoms with van der Waals surface area (Å²) >= 11 is 0. The van der Waals surface area contributed by atoms with Gasteiger partial charge in [0.2, 0.25) is 0 Å². The Bertz CT molecular complexity index is 1990. The Morgan fingerprint density at radius 3 is 0.982 bits per heavy atom. The van der Waals surface area contributed by atoms with Gasteiger partial charge in [-0.05, 0) is 68.8 Å². The zero-order valence-corrected chi connectivity index (χ0v) is 31.2. The molecule has 0 aliphatic heterocycles. The molecule has 4 N–H and O–H groups in total. The Kier molecular flexibility index (Phi) is 13.0. The zero-order valence-electron chi connectivity index (χ0n) is 31.2. The van der Waals surface area contributed by atoms with E-state index >= 15 is 0 Å². The molecule has 56 heavy (non-hydrogen) atoms. The highest BCUT2D eigenvalue weighted by molar-refractivity contribution is 5.85. The topological polar surface area (TPSA) is 101 Å². The van der Waals surface area contributed by atoms with Gasteiger partial charge in [0.05, 0.1) is 0 Å². The van der Waals surface area contributed by atoms with Gasteiger partial charge in [-0.15, -0.1) is 0 Å². The Morgan fingerprint density at radius 2 is 0.679 bits per heavy atom. The third-order valence-electron chi connectivity index (χ3n) is 9.71. The minimum atomic E-state index is -0.476. The lowest BCUT2D eigenvalue weighted by atomic mass is 10.0. The van der Waals surface area contributed by atoms with Crippen LogP contribution in [-0.2, 0) is 48.9 Å². The van der Waals surface area contributed by atoms with Crippen LogP contribution in [0.15, 0.2) is 170 Å². The molecular formula is C48H46N4O4. The van der Waals surface area contributed by atoms with Crippen LogP contribution in [0.3, 0.4) is 0 Å². The third kappa shape index (κ3) is 11.3. The lowest BCUT2D eigenvalue weighted by molar-refractivity contribution is 0.154. The van der Waals surface area contributed by atoms with Gasteiger partial charge >= 0.3 is 12.2 Å². The van der Waals surface area contributed by atoms with E-state index in [0.717, 1.165) is 48.4 Å². The molecule has 0 heterocycles. The van der Waals surface area contributed by atoms with Crippen LogP contribution < -0.4 is 21.3 Å². The number of amides is 2. The predicted molar refractivity (Wildman–Crippen MR) is 223 cm³/mol. The normalized spacial score (nSPS) is 13.3. The summed E-state index contributed by atoms with van der Waals surface area (Å²) in [6, 6.07) is 40.4. The first kappa shape index (κ1) is 37.8. The summed E-state index contributed by atoms with van der Waals surface area (Å²) in [5.41, 5.74) is 10.4. The van der Waals surface area contributed by atoms with Gasteiger partial charge in [-0.3, -0.25) is 10.6 Å². The largest absolute Gasteiger partial charge is 0.444 e. The number of hydrogen-bond acceptors (Lipinski definition) is 6. The van der Waals surface area contributed by atoms with Crippen LogP contribution in [0.5, 0.6) is 0 Å². The number of carbonyl (C=O) groups excluding carboxylic acids is 2. The maximum atomic E-state index is 12.3. The van der Waals surface area contributed by atoms with Crippen LogP contribution in [-0.4, -0.2) is 12.2 Å². The first-order chi connectivity index (χ1) is 27.5. The minimum Gasteiger partial charge on any atom is -0.444 e. The molecule has 0 fully saturated rings. The fourth-order valence-electron chi connectivity index (χ4n) is 6.48. The van der Waals surface area contributed by atoms with Gasteiger partial charge in [-0.2, -0.15) is 0 Å². The van der Waals surface area contributed by atoms with Crippen LogP contribution in [0.4, 0.5) is 21.0 Å². The molecule has 7 rings (SSSR count). The van der Waals surface area contributed by atoms with Crippen molar-refractivity contribution in [3.63, 3.8) is 0 Å². The summed E-state index contributed by atoms with van der Waals surface area (Å²) in [7, 11) is 0. The Labute approximate surface area is 328 Å². The van der Waals surface area contributed by atoms with E-state index in [0.29, 0.717) is 23.2 Å². The first-order valence-electron chi connectivity index (χ1n) is 18.9. The molecule has 0 aromatic heterocycles. The molecule has 5 aromatic rings.